The van der Waals surface area contributed by atoms with E-state index in [4.69, 9.17) is 14.2 Å². The van der Waals surface area contributed by atoms with Gasteiger partial charge in [-0.1, -0.05) is 23.4 Å². The van der Waals surface area contributed by atoms with Crippen LogP contribution in [0.5, 0.6) is 5.75 Å². The van der Waals surface area contributed by atoms with Gasteiger partial charge in [-0.2, -0.15) is 0 Å². The predicted octanol–water partition coefficient (Wildman–Crippen LogP) is 2.40. The Balaban J connectivity index is 1.12. The molecule has 2 amide bonds. The van der Waals surface area contributed by atoms with Crippen molar-refractivity contribution in [3.8, 4) is 5.75 Å². The van der Waals surface area contributed by atoms with Crippen LogP contribution in [0, 0.1) is 11.6 Å². The number of hydrogen-bond acceptors (Lipinski definition) is 9. The Kier molecular flexibility index (Phi) is 9.93. The van der Waals surface area contributed by atoms with Gasteiger partial charge in [0.2, 0.25) is 5.91 Å². The monoisotopic (exact) mass is 665 g/mol. The number of morpholine rings is 1. The number of para-hydroxylation sites is 1. The zero-order chi connectivity index (χ0) is 33.0. The van der Waals surface area contributed by atoms with Crippen molar-refractivity contribution < 1.29 is 32.6 Å². The van der Waals surface area contributed by atoms with E-state index in [2.05, 4.69) is 20.5 Å². The van der Waals surface area contributed by atoms with Gasteiger partial charge in [0.15, 0.2) is 11.6 Å². The van der Waals surface area contributed by atoms with Gasteiger partial charge in [0.1, 0.15) is 11.8 Å². The first-order valence-electron chi connectivity index (χ1n) is 16.7. The molecular formula is C34H41F2N7O5. The minimum absolute atomic E-state index is 0.0944. The lowest BCUT2D eigenvalue weighted by molar-refractivity contribution is -0.130. The number of carbonyl (C=O) groups excluding carboxylic acids is 2. The van der Waals surface area contributed by atoms with Crippen molar-refractivity contribution in [2.24, 2.45) is 0 Å². The third kappa shape index (κ3) is 7.36. The summed E-state index contributed by atoms with van der Waals surface area (Å²) < 4.78 is 47.7. The van der Waals surface area contributed by atoms with Crippen LogP contribution in [0.1, 0.15) is 46.9 Å². The van der Waals surface area contributed by atoms with Crippen molar-refractivity contribution >= 4 is 11.8 Å². The van der Waals surface area contributed by atoms with E-state index in [1.165, 1.54) is 12.1 Å². The van der Waals surface area contributed by atoms with E-state index in [1.54, 1.807) is 23.1 Å². The quantitative estimate of drug-likeness (QED) is 0.439. The molecule has 3 aromatic rings. The molecule has 2 bridgehead atoms. The van der Waals surface area contributed by atoms with Crippen molar-refractivity contribution in [3.05, 3.63) is 77.1 Å². The summed E-state index contributed by atoms with van der Waals surface area (Å²) in [5, 5.41) is 12.0. The molecule has 7 rings (SSSR count). The number of fused-ring (bicyclic) bond motifs is 4. The van der Waals surface area contributed by atoms with E-state index in [9.17, 15) is 18.4 Å². The third-order valence-corrected chi connectivity index (χ3v) is 9.68. The van der Waals surface area contributed by atoms with Crippen LogP contribution in [0.4, 0.5) is 8.78 Å². The van der Waals surface area contributed by atoms with Crippen molar-refractivity contribution in [1.82, 2.24) is 35.0 Å². The normalized spacial score (nSPS) is 26.2. The standard InChI is InChI=1S/C34H41F2N7O5/c35-27-7-5-23(17-28(27)36)19-41-10-11-42-30(22-41)33(44)37-18-32-29(43-21-24(38-39-43)20-40-12-15-46-16-13-40)8-6-25(48-32)9-14-47-31-4-2-1-3-26(31)34(42)45/h1-5,7,17,21,25,29-30,32H,6,8-16,18-20,22H2,(H,37,44)/t25-,29+,30-,32+/m0/s1. The molecule has 14 heteroatoms. The van der Waals surface area contributed by atoms with Gasteiger partial charge < -0.3 is 24.4 Å². The highest BCUT2D eigenvalue weighted by atomic mass is 19.2. The first-order chi connectivity index (χ1) is 23.4. The molecule has 4 aliphatic rings. The summed E-state index contributed by atoms with van der Waals surface area (Å²) >= 11 is 0. The number of aromatic nitrogens is 3. The van der Waals surface area contributed by atoms with Crippen LogP contribution in [0.3, 0.4) is 0 Å². The van der Waals surface area contributed by atoms with E-state index in [0.717, 1.165) is 37.7 Å². The van der Waals surface area contributed by atoms with Crippen LogP contribution in [-0.2, 0) is 27.4 Å². The van der Waals surface area contributed by atoms with E-state index < -0.39 is 17.7 Å². The number of ether oxygens (including phenoxy) is 3. The lowest BCUT2D eigenvalue weighted by Crippen LogP contribution is -2.61. The maximum atomic E-state index is 14.0. The molecular weight excluding hydrogens is 624 g/mol. The molecule has 4 atom stereocenters. The number of nitrogens with zero attached hydrogens (tertiary/aromatic N) is 6. The average molecular weight is 666 g/mol. The average Bonchev–Trinajstić information content (AvgIpc) is 3.57. The summed E-state index contributed by atoms with van der Waals surface area (Å²) in [6, 6.07) is 9.91. The van der Waals surface area contributed by atoms with Gasteiger partial charge >= 0.3 is 0 Å². The Morgan fingerprint density at radius 2 is 1.75 bits per heavy atom. The molecule has 3 fully saturated rings. The van der Waals surface area contributed by atoms with Crippen LogP contribution >= 0.6 is 0 Å². The van der Waals surface area contributed by atoms with Gasteiger partial charge in [-0.05, 0) is 42.7 Å². The summed E-state index contributed by atoms with van der Waals surface area (Å²) in [7, 11) is 0. The van der Waals surface area contributed by atoms with Crippen molar-refractivity contribution in [1.29, 1.82) is 0 Å². The lowest BCUT2D eigenvalue weighted by Gasteiger charge is -2.41. The Morgan fingerprint density at radius 3 is 2.60 bits per heavy atom. The molecule has 1 N–H and O–H groups in total. The maximum Gasteiger partial charge on any atom is 0.258 e. The number of nitrogens with one attached hydrogen (secondary N) is 1. The topological polar surface area (TPSA) is 114 Å². The van der Waals surface area contributed by atoms with Gasteiger partial charge in [-0.25, -0.2) is 13.5 Å². The van der Waals surface area contributed by atoms with Crippen molar-refractivity contribution in [2.75, 3.05) is 59.1 Å². The molecule has 0 unspecified atom stereocenters. The third-order valence-electron chi connectivity index (χ3n) is 9.68. The van der Waals surface area contributed by atoms with E-state index in [0.29, 0.717) is 62.8 Å². The Labute approximate surface area is 277 Å². The lowest BCUT2D eigenvalue weighted by atomic mass is 9.96. The second kappa shape index (κ2) is 14.6. The van der Waals surface area contributed by atoms with Crippen molar-refractivity contribution in [2.45, 2.75) is 56.6 Å². The molecule has 12 nitrogen and oxygen atoms in total. The summed E-state index contributed by atoms with van der Waals surface area (Å²) in [4.78, 5) is 33.9. The largest absolute Gasteiger partial charge is 0.493 e. The molecule has 4 aliphatic heterocycles. The van der Waals surface area contributed by atoms with Crippen LogP contribution in [0.15, 0.2) is 48.7 Å². The summed E-state index contributed by atoms with van der Waals surface area (Å²) in [5.74, 6) is -1.98. The van der Waals surface area contributed by atoms with Gasteiger partial charge in [0, 0.05) is 58.8 Å². The Bertz CT molecular complexity index is 1600. The van der Waals surface area contributed by atoms with Gasteiger partial charge in [0.25, 0.3) is 5.91 Å². The number of carbonyl (C=O) groups is 2. The zero-order valence-electron chi connectivity index (χ0n) is 26.8. The molecule has 5 heterocycles. The highest BCUT2D eigenvalue weighted by Gasteiger charge is 2.39. The fourth-order valence-corrected chi connectivity index (χ4v) is 7.07. The number of amides is 2. The minimum Gasteiger partial charge on any atom is -0.493 e. The molecule has 1 aromatic heterocycles. The fraction of sp³-hybridized carbons (Fsp3) is 0.529. The van der Waals surface area contributed by atoms with E-state index >= 15 is 0 Å². The molecule has 48 heavy (non-hydrogen) atoms. The van der Waals surface area contributed by atoms with Crippen LogP contribution in [0.25, 0.3) is 0 Å². The molecule has 0 aliphatic carbocycles. The SMILES string of the molecule is O=C1NC[C@H]2O[C@H](CCOc3ccccc3C(=O)N3CCN(Cc4ccc(F)c(F)c4)C[C@@H]13)CC[C@H]2n1cc(CN2CCOCC2)nn1. The molecule has 0 saturated carbocycles. The fourth-order valence-electron chi connectivity index (χ4n) is 7.07. The summed E-state index contributed by atoms with van der Waals surface area (Å²) in [6.45, 7) is 5.62. The smallest absolute Gasteiger partial charge is 0.258 e. The number of piperazine rings is 1. The molecule has 256 valence electrons. The zero-order valence-corrected chi connectivity index (χ0v) is 26.8. The number of hydrogen-bond donors (Lipinski definition) is 1. The number of benzene rings is 2. The van der Waals surface area contributed by atoms with E-state index in [1.807, 2.05) is 21.8 Å². The number of rotatable bonds is 5. The maximum absolute atomic E-state index is 14.0. The van der Waals surface area contributed by atoms with Crippen molar-refractivity contribution in [3.63, 3.8) is 0 Å². The minimum atomic E-state index is -0.922. The highest BCUT2D eigenvalue weighted by Crippen LogP contribution is 2.31. The van der Waals surface area contributed by atoms with E-state index in [-0.39, 0.29) is 49.7 Å². The van der Waals surface area contributed by atoms with Gasteiger partial charge in [-0.15, -0.1) is 5.10 Å². The molecule has 0 radical (unpaired) electrons. The van der Waals surface area contributed by atoms with Crippen LogP contribution in [0.2, 0.25) is 0 Å². The second-order valence-corrected chi connectivity index (χ2v) is 12.9. The summed E-state index contributed by atoms with van der Waals surface area (Å²) in [5.41, 5.74) is 1.84. The Morgan fingerprint density at radius 1 is 0.896 bits per heavy atom. The molecule has 2 aromatic carbocycles. The summed E-state index contributed by atoms with van der Waals surface area (Å²) in [6.07, 6.45) is 3.69. The van der Waals surface area contributed by atoms with Gasteiger partial charge in [0.05, 0.1) is 55.5 Å². The molecule has 3 saturated heterocycles. The Hall–Kier alpha value is -3.98. The first-order valence-corrected chi connectivity index (χ1v) is 16.7. The van der Waals surface area contributed by atoms with Gasteiger partial charge in [-0.3, -0.25) is 19.4 Å². The highest BCUT2D eigenvalue weighted by molar-refractivity contribution is 6.00. The number of halogens is 2. The second-order valence-electron chi connectivity index (χ2n) is 12.9. The first kappa shape index (κ1) is 32.6. The van der Waals surface area contributed by atoms with Crippen LogP contribution in [-0.4, -0.2) is 119 Å². The van der Waals surface area contributed by atoms with Crippen LogP contribution < -0.4 is 10.1 Å². The molecule has 0 spiro atoms. The predicted molar refractivity (Wildman–Crippen MR) is 169 cm³/mol.